The summed E-state index contributed by atoms with van der Waals surface area (Å²) in [4.78, 5) is 16.9. The topological polar surface area (TPSA) is 59.4 Å². The molecule has 1 aromatic rings. The predicted octanol–water partition coefficient (Wildman–Crippen LogP) is 5.44. The molecule has 3 atom stereocenters. The highest BCUT2D eigenvalue weighted by Gasteiger charge is 2.31. The summed E-state index contributed by atoms with van der Waals surface area (Å²) in [7, 11) is 0. The molecule has 4 nitrogen and oxygen atoms in total. The number of thiazole rings is 1. The Balaban J connectivity index is 3.03. The summed E-state index contributed by atoms with van der Waals surface area (Å²) in [5.74, 6) is 0.145. The number of aromatic nitrogens is 1. The fourth-order valence-electron chi connectivity index (χ4n) is 2.08. The number of nitrogens with zero attached hydrogens (tertiary/aromatic N) is 1. The zero-order valence-electron chi connectivity index (χ0n) is 15.2. The van der Waals surface area contributed by atoms with Crippen LogP contribution in [0.1, 0.15) is 70.9 Å². The summed E-state index contributed by atoms with van der Waals surface area (Å²) in [6.07, 6.45) is 1.64. The van der Waals surface area contributed by atoms with Crippen LogP contribution in [0.5, 0.6) is 0 Å². The smallest absolute Gasteiger partial charge is 0.311 e. The van der Waals surface area contributed by atoms with Crippen LogP contribution in [0.4, 0.5) is 0 Å². The highest BCUT2D eigenvalue weighted by Crippen LogP contribution is 2.33. The zero-order chi connectivity index (χ0) is 18.5. The largest absolute Gasteiger partial charge is 0.455 e. The van der Waals surface area contributed by atoms with E-state index in [1.165, 1.54) is 11.3 Å². The monoisotopic (exact) mass is 465 g/mol. The number of esters is 1. The van der Waals surface area contributed by atoms with E-state index >= 15 is 0 Å². The van der Waals surface area contributed by atoms with E-state index in [1.54, 1.807) is 0 Å². The Bertz CT molecular complexity index is 563. The fourth-order valence-corrected chi connectivity index (χ4v) is 3.57. The number of hydrogen-bond acceptors (Lipinski definition) is 5. The highest BCUT2D eigenvalue weighted by atomic mass is 127. The van der Waals surface area contributed by atoms with E-state index < -0.39 is 17.6 Å². The number of ether oxygens (including phenoxy) is 1. The third-order valence-electron chi connectivity index (χ3n) is 3.51. The van der Waals surface area contributed by atoms with Crippen molar-refractivity contribution in [2.45, 2.75) is 60.2 Å². The first-order valence-electron chi connectivity index (χ1n) is 8.17. The maximum atomic E-state index is 12.3. The van der Waals surface area contributed by atoms with E-state index in [0.29, 0.717) is 23.0 Å². The second kappa shape index (κ2) is 9.29. The minimum absolute atomic E-state index is 0.00499. The van der Waals surface area contributed by atoms with Crippen LogP contribution < -0.4 is 0 Å². The predicted molar refractivity (Wildman–Crippen MR) is 107 cm³/mol. The highest BCUT2D eigenvalue weighted by molar-refractivity contribution is 14.1. The quantitative estimate of drug-likeness (QED) is 0.431. The van der Waals surface area contributed by atoms with Gasteiger partial charge in [-0.05, 0) is 37.2 Å². The minimum Gasteiger partial charge on any atom is -0.455 e. The molecule has 1 aromatic heterocycles. The average Bonchev–Trinajstić information content (AvgIpc) is 2.92. The molecule has 0 saturated heterocycles. The molecule has 0 saturated carbocycles. The van der Waals surface area contributed by atoms with Gasteiger partial charge in [0, 0.05) is 11.3 Å². The zero-order valence-corrected chi connectivity index (χ0v) is 18.2. The number of halogens is 1. The molecule has 1 rings (SSSR count). The molecule has 0 aliphatic rings. The third-order valence-corrected chi connectivity index (χ3v) is 4.89. The summed E-state index contributed by atoms with van der Waals surface area (Å²) in [5.41, 5.74) is 0.138. The molecular weight excluding hydrogens is 437 g/mol. The summed E-state index contributed by atoms with van der Waals surface area (Å²) < 4.78 is 7.68. The van der Waals surface area contributed by atoms with Crippen molar-refractivity contribution in [2.24, 2.45) is 17.3 Å². The van der Waals surface area contributed by atoms with Gasteiger partial charge < -0.3 is 9.84 Å². The first kappa shape index (κ1) is 21.6. The molecule has 0 aliphatic carbocycles. The van der Waals surface area contributed by atoms with Crippen LogP contribution in [-0.2, 0) is 9.53 Å². The van der Waals surface area contributed by atoms with Gasteiger partial charge in [0.1, 0.15) is 11.1 Å². The summed E-state index contributed by atoms with van der Waals surface area (Å²) in [5, 5.41) is 12.8. The van der Waals surface area contributed by atoms with Crippen LogP contribution in [0.25, 0.3) is 0 Å². The normalized spacial score (nSPS) is 16.4. The number of hydrogen-bond donors (Lipinski definition) is 1. The number of aliphatic hydroxyl groups excluding tert-OH is 1. The number of carbonyl (C=O) groups excluding carboxylic acids is 1. The van der Waals surface area contributed by atoms with E-state index in [4.69, 9.17) is 4.74 Å². The molecule has 0 bridgehead atoms. The first-order chi connectivity index (χ1) is 11.1. The van der Waals surface area contributed by atoms with Crippen LogP contribution in [0.3, 0.4) is 0 Å². The molecule has 0 aliphatic heterocycles. The van der Waals surface area contributed by atoms with Crippen molar-refractivity contribution in [1.29, 1.82) is 0 Å². The van der Waals surface area contributed by atoms with E-state index in [-0.39, 0.29) is 11.9 Å². The van der Waals surface area contributed by atoms with Crippen LogP contribution in [-0.4, -0.2) is 16.1 Å². The summed E-state index contributed by atoms with van der Waals surface area (Å²) in [6.45, 7) is 11.6. The Morgan fingerprint density at radius 1 is 1.42 bits per heavy atom. The van der Waals surface area contributed by atoms with Gasteiger partial charge in [-0.3, -0.25) is 4.79 Å². The summed E-state index contributed by atoms with van der Waals surface area (Å²) in [6, 6.07) is 0. The Labute approximate surface area is 162 Å². The molecule has 1 heterocycles. The van der Waals surface area contributed by atoms with Crippen molar-refractivity contribution in [3.63, 3.8) is 0 Å². The Hall–Kier alpha value is -0.470. The van der Waals surface area contributed by atoms with Gasteiger partial charge in [0.2, 0.25) is 0 Å². The maximum absolute atomic E-state index is 12.3. The van der Waals surface area contributed by atoms with Crippen molar-refractivity contribution in [3.8, 4) is 0 Å². The van der Waals surface area contributed by atoms with Gasteiger partial charge in [-0.25, -0.2) is 4.98 Å². The molecule has 0 fully saturated rings. The van der Waals surface area contributed by atoms with Crippen molar-refractivity contribution >= 4 is 39.9 Å². The lowest BCUT2D eigenvalue weighted by atomic mass is 9.96. The molecule has 136 valence electrons. The molecule has 0 amide bonds. The van der Waals surface area contributed by atoms with E-state index in [0.717, 1.165) is 0 Å². The lowest BCUT2D eigenvalue weighted by Gasteiger charge is -2.25. The molecule has 0 unspecified atom stereocenters. The molecule has 0 spiro atoms. The second-order valence-electron chi connectivity index (χ2n) is 7.51. The maximum Gasteiger partial charge on any atom is 0.311 e. The third kappa shape index (κ3) is 6.44. The van der Waals surface area contributed by atoms with Crippen molar-refractivity contribution in [3.05, 3.63) is 26.2 Å². The van der Waals surface area contributed by atoms with Gasteiger partial charge >= 0.3 is 5.97 Å². The fraction of sp³-hybridized carbons (Fsp3) is 0.667. The van der Waals surface area contributed by atoms with Gasteiger partial charge in [0.05, 0.1) is 11.1 Å². The summed E-state index contributed by atoms with van der Waals surface area (Å²) >= 11 is 3.58. The molecule has 1 N–H and O–H groups in total. The Kier molecular flexibility index (Phi) is 8.35. The Morgan fingerprint density at radius 2 is 2.04 bits per heavy atom. The van der Waals surface area contributed by atoms with Gasteiger partial charge in [0.15, 0.2) is 6.10 Å². The molecule has 0 aromatic carbocycles. The molecular formula is C18H28INO3S. The van der Waals surface area contributed by atoms with Crippen LogP contribution in [0, 0.1) is 17.3 Å². The van der Waals surface area contributed by atoms with E-state index in [2.05, 4.69) is 41.4 Å². The van der Waals surface area contributed by atoms with Gasteiger partial charge in [0.25, 0.3) is 0 Å². The molecule has 0 radical (unpaired) electrons. The minimum atomic E-state index is -0.571. The number of carbonyl (C=O) groups is 1. The van der Waals surface area contributed by atoms with Gasteiger partial charge in [-0.15, -0.1) is 11.3 Å². The van der Waals surface area contributed by atoms with Crippen LogP contribution in [0.2, 0.25) is 0 Å². The van der Waals surface area contributed by atoms with Gasteiger partial charge in [-0.1, -0.05) is 49.4 Å². The lowest BCUT2D eigenvalue weighted by molar-refractivity contribution is -0.161. The van der Waals surface area contributed by atoms with E-state index in [9.17, 15) is 9.90 Å². The van der Waals surface area contributed by atoms with Crippen LogP contribution >= 0.6 is 33.9 Å². The SMILES string of the molecule is CC(C)C[C@H](O)c1nc([C@@H](OC(=O)C(C)(C)C)[C@@H](C)/C=C/I)cs1. The molecule has 24 heavy (non-hydrogen) atoms. The molecule has 6 heteroatoms. The first-order valence-corrected chi connectivity index (χ1v) is 10.3. The Morgan fingerprint density at radius 3 is 2.54 bits per heavy atom. The van der Waals surface area contributed by atoms with Crippen LogP contribution in [0.15, 0.2) is 15.5 Å². The second-order valence-corrected chi connectivity index (χ2v) is 9.12. The average molecular weight is 465 g/mol. The lowest BCUT2D eigenvalue weighted by Crippen LogP contribution is -2.27. The van der Waals surface area contributed by atoms with Crippen molar-refractivity contribution < 1.29 is 14.6 Å². The van der Waals surface area contributed by atoms with Gasteiger partial charge in [-0.2, -0.15) is 0 Å². The van der Waals surface area contributed by atoms with Crippen molar-refractivity contribution in [1.82, 2.24) is 4.98 Å². The number of aliphatic hydroxyl groups is 1. The number of rotatable bonds is 7. The van der Waals surface area contributed by atoms with E-state index in [1.807, 2.05) is 43.2 Å². The standard InChI is InChI=1S/C18H28INO3S/c1-11(2)9-14(21)16-20-13(10-24-16)15(12(3)7-8-19)23-17(22)18(4,5)6/h7-8,10-12,14-15,21H,9H2,1-6H3/b8-7+/t12-,14-,15-/m0/s1. The van der Waals surface area contributed by atoms with Crippen molar-refractivity contribution in [2.75, 3.05) is 0 Å².